The molecule has 0 aliphatic carbocycles. The Morgan fingerprint density at radius 2 is 0.540 bits per heavy atom. The Morgan fingerprint density at radius 1 is 0.254 bits per heavy atom. The molecule has 0 bridgehead atoms. The fourth-order valence-electron chi connectivity index (χ4n) is 15.0. The van der Waals surface area contributed by atoms with Gasteiger partial charge in [0.2, 0.25) is 0 Å². The molecule has 126 heavy (non-hydrogen) atoms. The van der Waals surface area contributed by atoms with Crippen LogP contribution < -0.4 is 48.5 Å². The van der Waals surface area contributed by atoms with E-state index in [1.807, 2.05) is 155 Å². The number of nitrogens with zero attached hydrogens (tertiary/aromatic N) is 6. The molecule has 2 heterocycles. The second-order valence-electron chi connectivity index (χ2n) is 32.7. The summed E-state index contributed by atoms with van der Waals surface area (Å²) >= 11 is 0. The zero-order chi connectivity index (χ0) is 86.3. The molecule has 0 spiro atoms. The van der Waals surface area contributed by atoms with E-state index in [1.54, 1.807) is 0 Å². The standard InChI is InChI=1S/C110H126N8O8/c1-3-5-7-9-11-13-15-17-19-33-63-119-109-69-100(58-52-88-45-49-90(50-46-88)74-112-76-92-55-61-104(62-56-92)126-86-102-80-118(116-114-102)78-98-67-107(123-83-95-39-29-23-30-40-95)72-108(68-98)124-84-96-41-31-24-32-42-96)110(120-64-34-20-18-16-14-12-10-8-6-4-2)70-99(109)57-51-87-43-47-89(48-44-87)73-111-75-91-53-59-103(60-54-91)125-85-101-79-117(115-113-101)77-97-65-105(121-81-93-35-25-21-26-36-93)71-106(66-97)122-82-94-37-27-22-28-38-94/h21-32,35-62,65-72,79-80,111-112H,3-20,33-34,63-64,73-78,81-86H2,1-2H3/b57-51-,58-52+. The van der Waals surface area contributed by atoms with Gasteiger partial charge in [0.25, 0.3) is 0 Å². The summed E-state index contributed by atoms with van der Waals surface area (Å²) in [6.07, 6.45) is 38.0. The summed E-state index contributed by atoms with van der Waals surface area (Å²) in [7, 11) is 0. The van der Waals surface area contributed by atoms with Crippen molar-refractivity contribution in [2.24, 2.45) is 0 Å². The maximum Gasteiger partial charge on any atom is 0.134 e. The summed E-state index contributed by atoms with van der Waals surface area (Å²) in [5, 5.41) is 25.1. The third kappa shape index (κ3) is 32.9. The van der Waals surface area contributed by atoms with Gasteiger partial charge in [0, 0.05) is 49.4 Å². The molecule has 2 N–H and O–H groups in total. The van der Waals surface area contributed by atoms with Gasteiger partial charge >= 0.3 is 0 Å². The van der Waals surface area contributed by atoms with Crippen molar-refractivity contribution >= 4 is 24.3 Å². The predicted octanol–water partition coefficient (Wildman–Crippen LogP) is 26.0. The van der Waals surface area contributed by atoms with Gasteiger partial charge in [-0.15, -0.1) is 10.2 Å². The van der Waals surface area contributed by atoms with Gasteiger partial charge in [-0.05, 0) is 140 Å². The molecular formula is C110H126N8O8. The molecule has 654 valence electrons. The van der Waals surface area contributed by atoms with E-state index in [0.717, 1.165) is 163 Å². The van der Waals surface area contributed by atoms with Gasteiger partial charge in [0.15, 0.2) is 0 Å². The van der Waals surface area contributed by atoms with Crippen molar-refractivity contribution in [1.29, 1.82) is 0 Å². The van der Waals surface area contributed by atoms with E-state index in [2.05, 4.69) is 203 Å². The largest absolute Gasteiger partial charge is 0.493 e. The first-order valence-electron chi connectivity index (χ1n) is 45.9. The lowest BCUT2D eigenvalue weighted by Gasteiger charge is -2.16. The first-order valence-corrected chi connectivity index (χ1v) is 45.9. The number of benzene rings is 11. The van der Waals surface area contributed by atoms with E-state index in [1.165, 1.54) is 114 Å². The number of ether oxygens (including phenoxy) is 8. The minimum Gasteiger partial charge on any atom is -0.493 e. The van der Waals surface area contributed by atoms with Gasteiger partial charge in [0.05, 0.1) is 38.7 Å². The molecular weight excluding hydrogens is 1560 g/mol. The van der Waals surface area contributed by atoms with E-state index in [9.17, 15) is 0 Å². The van der Waals surface area contributed by atoms with Gasteiger partial charge in [-0.1, -0.05) is 358 Å². The molecule has 0 radical (unpaired) electrons. The molecule has 0 aliphatic rings. The van der Waals surface area contributed by atoms with Crippen LogP contribution in [0, 0.1) is 0 Å². The molecule has 11 aromatic carbocycles. The average molecular weight is 1690 g/mol. The molecule has 0 aliphatic heterocycles. The van der Waals surface area contributed by atoms with Gasteiger partial charge in [-0.25, -0.2) is 9.36 Å². The Morgan fingerprint density at radius 3 is 0.849 bits per heavy atom. The summed E-state index contributed by atoms with van der Waals surface area (Å²) < 4.78 is 54.8. The van der Waals surface area contributed by atoms with E-state index in [0.29, 0.717) is 65.8 Å². The summed E-state index contributed by atoms with van der Waals surface area (Å²) in [6.45, 7) is 12.1. The zero-order valence-electron chi connectivity index (χ0n) is 73.9. The van der Waals surface area contributed by atoms with Crippen molar-refractivity contribution in [3.05, 3.63) is 369 Å². The van der Waals surface area contributed by atoms with Crippen molar-refractivity contribution in [1.82, 2.24) is 40.6 Å². The quantitative estimate of drug-likeness (QED) is 0.0274. The Hall–Kier alpha value is -12.5. The predicted molar refractivity (Wildman–Crippen MR) is 509 cm³/mol. The van der Waals surface area contributed by atoms with Crippen molar-refractivity contribution in [3.63, 3.8) is 0 Å². The molecule has 0 fully saturated rings. The highest BCUT2D eigenvalue weighted by atomic mass is 16.5. The van der Waals surface area contributed by atoms with E-state index >= 15 is 0 Å². The van der Waals surface area contributed by atoms with Crippen molar-refractivity contribution in [2.75, 3.05) is 13.2 Å². The molecule has 13 rings (SSSR count). The second-order valence-corrected chi connectivity index (χ2v) is 32.7. The maximum atomic E-state index is 6.82. The highest BCUT2D eigenvalue weighted by Crippen LogP contribution is 2.35. The monoisotopic (exact) mass is 1690 g/mol. The molecule has 0 saturated carbocycles. The van der Waals surface area contributed by atoms with Crippen LogP contribution in [0.25, 0.3) is 24.3 Å². The van der Waals surface area contributed by atoms with Gasteiger partial charge in [0.1, 0.15) is 97.0 Å². The van der Waals surface area contributed by atoms with Crippen LogP contribution in [0.15, 0.2) is 279 Å². The number of hydrogen-bond acceptors (Lipinski definition) is 14. The van der Waals surface area contributed by atoms with E-state index < -0.39 is 0 Å². The smallest absolute Gasteiger partial charge is 0.134 e. The summed E-state index contributed by atoms with van der Waals surface area (Å²) in [5.41, 5.74) is 16.8. The summed E-state index contributed by atoms with van der Waals surface area (Å²) in [6, 6.07) is 91.1. The van der Waals surface area contributed by atoms with Crippen LogP contribution in [0.1, 0.15) is 232 Å². The number of hydrogen-bond donors (Lipinski definition) is 2. The van der Waals surface area contributed by atoms with E-state index in [-0.39, 0.29) is 13.2 Å². The van der Waals surface area contributed by atoms with E-state index in [4.69, 9.17) is 37.9 Å². The van der Waals surface area contributed by atoms with Crippen LogP contribution in [0.2, 0.25) is 0 Å². The molecule has 16 nitrogen and oxygen atoms in total. The van der Waals surface area contributed by atoms with Gasteiger partial charge < -0.3 is 48.5 Å². The number of aromatic nitrogens is 6. The Kier molecular flexibility index (Phi) is 37.9. The van der Waals surface area contributed by atoms with Crippen LogP contribution in [0.4, 0.5) is 0 Å². The molecule has 2 aromatic heterocycles. The Labute approximate surface area is 747 Å². The lowest BCUT2D eigenvalue weighted by molar-refractivity contribution is 0.289. The average Bonchev–Trinajstić information content (AvgIpc) is 1.40. The van der Waals surface area contributed by atoms with Crippen molar-refractivity contribution < 1.29 is 37.9 Å². The van der Waals surface area contributed by atoms with Crippen LogP contribution in [0.5, 0.6) is 46.0 Å². The molecule has 16 heteroatoms. The summed E-state index contributed by atoms with van der Waals surface area (Å²) in [4.78, 5) is 0. The highest BCUT2D eigenvalue weighted by molar-refractivity contribution is 5.79. The molecule has 0 amide bonds. The van der Waals surface area contributed by atoms with Crippen LogP contribution in [-0.4, -0.2) is 43.2 Å². The Bertz CT molecular complexity index is 4840. The van der Waals surface area contributed by atoms with Crippen LogP contribution >= 0.6 is 0 Å². The van der Waals surface area contributed by atoms with Crippen molar-refractivity contribution in [2.45, 2.75) is 221 Å². The fraction of sp³-hybridized carbons (Fsp3) is 0.327. The molecule has 0 atom stereocenters. The topological polar surface area (TPSA) is 159 Å². The first-order chi connectivity index (χ1) is 62.3. The lowest BCUT2D eigenvalue weighted by Crippen LogP contribution is -2.12. The van der Waals surface area contributed by atoms with Crippen molar-refractivity contribution in [3.8, 4) is 46.0 Å². The van der Waals surface area contributed by atoms with Gasteiger partial charge in [-0.3, -0.25) is 0 Å². The third-order valence-electron chi connectivity index (χ3n) is 22.2. The van der Waals surface area contributed by atoms with Crippen LogP contribution in [-0.2, 0) is 78.9 Å². The third-order valence-corrected chi connectivity index (χ3v) is 22.2. The fourth-order valence-corrected chi connectivity index (χ4v) is 15.0. The maximum absolute atomic E-state index is 6.82. The number of nitrogens with one attached hydrogen (secondary N) is 2. The zero-order valence-corrected chi connectivity index (χ0v) is 73.9. The molecule has 0 saturated heterocycles. The first kappa shape index (κ1) is 91.2. The minimum atomic E-state index is 0.288. The number of unbranched alkanes of at least 4 members (excludes halogenated alkanes) is 18. The SMILES string of the molecule is CCCCCCCCCCCCOc1cc(/C=C/c2ccc(CNCc3ccc(OCc4cn(Cc5cc(OCc6ccccc6)cc(OCc6ccccc6)c5)nn4)cc3)cc2)c(OCCCCCCCCCCCC)cc1/C=C\c1ccc(CNCc2ccc(OCc3cn(Cc4cc(OCc5ccccc5)cc(OCc5ccccc5)c4)nn3)cc2)cc1. The normalized spacial score (nSPS) is 11.4. The molecule has 0 unspecified atom stereocenters. The summed E-state index contributed by atoms with van der Waals surface area (Å²) in [5.74, 6) is 6.15. The second kappa shape index (κ2) is 52.3. The minimum absolute atomic E-state index is 0.288. The Balaban J connectivity index is 0.594. The molecule has 13 aromatic rings. The van der Waals surface area contributed by atoms with Crippen LogP contribution in [0.3, 0.4) is 0 Å². The number of rotatable bonds is 58. The van der Waals surface area contributed by atoms with Gasteiger partial charge in [-0.2, -0.15) is 0 Å². The lowest BCUT2D eigenvalue weighted by atomic mass is 10.0. The highest BCUT2D eigenvalue weighted by Gasteiger charge is 2.16.